The number of hydrogen-bond donors (Lipinski definition) is 1. The summed E-state index contributed by atoms with van der Waals surface area (Å²) in [6.07, 6.45) is 0. The van der Waals surface area contributed by atoms with Crippen LogP contribution in [-0.4, -0.2) is 12.2 Å². The first-order valence-electron chi connectivity index (χ1n) is 5.48. The van der Waals surface area contributed by atoms with E-state index in [0.717, 1.165) is 11.3 Å². The Kier molecular flexibility index (Phi) is 5.08. The van der Waals surface area contributed by atoms with Gasteiger partial charge in [-0.2, -0.15) is 0 Å². The predicted molar refractivity (Wildman–Crippen MR) is 70.6 cm³/mol. The molecule has 2 aromatic rings. The van der Waals surface area contributed by atoms with Crippen molar-refractivity contribution in [2.75, 3.05) is 7.11 Å². The minimum Gasteiger partial charge on any atom is -0.508 e. The average Bonchev–Trinajstić information content (AvgIpc) is 2.29. The van der Waals surface area contributed by atoms with Gasteiger partial charge in [-0.25, -0.2) is 0 Å². The third kappa shape index (κ3) is 5.07. The van der Waals surface area contributed by atoms with E-state index >= 15 is 0 Å². The first kappa shape index (κ1) is 13.1. The van der Waals surface area contributed by atoms with Crippen LogP contribution in [-0.2, 0) is 0 Å². The van der Waals surface area contributed by atoms with Gasteiger partial charge in [0.1, 0.15) is 11.5 Å². The van der Waals surface area contributed by atoms with Crippen molar-refractivity contribution in [1.82, 2.24) is 0 Å². The van der Waals surface area contributed by atoms with Crippen molar-refractivity contribution < 1.29 is 9.84 Å². The fraction of sp³-hybridized carbons (Fsp3) is 0.200. The van der Waals surface area contributed by atoms with E-state index in [2.05, 4.69) is 0 Å². The molecule has 0 aliphatic carbocycles. The lowest BCUT2D eigenvalue weighted by Crippen LogP contribution is -1.81. The van der Waals surface area contributed by atoms with Crippen LogP contribution in [0.4, 0.5) is 0 Å². The van der Waals surface area contributed by atoms with Crippen molar-refractivity contribution in [2.24, 2.45) is 0 Å². The molecule has 0 spiro atoms. The molecule has 0 aromatic heterocycles. The Hall–Kier alpha value is -1.96. The number of benzene rings is 2. The van der Waals surface area contributed by atoms with E-state index in [1.165, 1.54) is 5.56 Å². The van der Waals surface area contributed by atoms with Gasteiger partial charge in [-0.05, 0) is 49.2 Å². The van der Waals surface area contributed by atoms with Crippen LogP contribution < -0.4 is 4.74 Å². The second kappa shape index (κ2) is 6.59. The van der Waals surface area contributed by atoms with E-state index in [1.807, 2.05) is 50.2 Å². The van der Waals surface area contributed by atoms with E-state index in [9.17, 15) is 0 Å². The number of phenols is 1. The zero-order valence-corrected chi connectivity index (χ0v) is 10.5. The summed E-state index contributed by atoms with van der Waals surface area (Å²) in [5, 5.41) is 8.81. The summed E-state index contributed by atoms with van der Waals surface area (Å²) in [7, 11) is 1.68. The van der Waals surface area contributed by atoms with Gasteiger partial charge in [0, 0.05) is 0 Å². The van der Waals surface area contributed by atoms with Crippen LogP contribution in [0, 0.1) is 13.8 Å². The fourth-order valence-corrected chi connectivity index (χ4v) is 1.37. The van der Waals surface area contributed by atoms with Crippen molar-refractivity contribution in [3.63, 3.8) is 0 Å². The molecule has 2 rings (SSSR count). The number of aryl methyl sites for hydroxylation is 2. The maximum absolute atomic E-state index is 8.81. The Morgan fingerprint density at radius 2 is 1.47 bits per heavy atom. The highest BCUT2D eigenvalue weighted by atomic mass is 16.5. The van der Waals surface area contributed by atoms with Crippen molar-refractivity contribution in [3.05, 3.63) is 59.7 Å². The molecule has 0 aliphatic heterocycles. The normalized spacial score (nSPS) is 9.12. The molecule has 90 valence electrons. The van der Waals surface area contributed by atoms with Gasteiger partial charge in [-0.3, -0.25) is 0 Å². The first-order chi connectivity index (χ1) is 8.11. The molecule has 2 aromatic carbocycles. The molecular weight excluding hydrogens is 212 g/mol. The quantitative estimate of drug-likeness (QED) is 0.809. The monoisotopic (exact) mass is 230 g/mol. The smallest absolute Gasteiger partial charge is 0.119 e. The molecule has 0 heterocycles. The van der Waals surface area contributed by atoms with Crippen LogP contribution in [0.15, 0.2) is 48.5 Å². The highest BCUT2D eigenvalue weighted by Gasteiger charge is 1.86. The maximum Gasteiger partial charge on any atom is 0.119 e. The molecule has 0 amide bonds. The number of phenolic OH excluding ortho intramolecular Hbond substituents is 1. The zero-order chi connectivity index (χ0) is 12.7. The van der Waals surface area contributed by atoms with E-state index in [4.69, 9.17) is 9.84 Å². The molecule has 0 bridgehead atoms. The number of hydrogen-bond acceptors (Lipinski definition) is 2. The Balaban J connectivity index is 0.000000171. The molecular formula is C15H18O2. The summed E-state index contributed by atoms with van der Waals surface area (Å²) in [5.41, 5.74) is 2.32. The maximum atomic E-state index is 8.81. The molecule has 0 fully saturated rings. The first-order valence-corrected chi connectivity index (χ1v) is 5.48. The average molecular weight is 230 g/mol. The predicted octanol–water partition coefficient (Wildman–Crippen LogP) is 3.70. The number of methoxy groups -OCH3 is 1. The van der Waals surface area contributed by atoms with Crippen LogP contribution in [0.2, 0.25) is 0 Å². The van der Waals surface area contributed by atoms with Crippen LogP contribution >= 0.6 is 0 Å². The second-order valence-electron chi connectivity index (χ2n) is 3.86. The summed E-state index contributed by atoms with van der Waals surface area (Å²) in [4.78, 5) is 0. The van der Waals surface area contributed by atoms with Crippen LogP contribution in [0.5, 0.6) is 11.5 Å². The molecule has 0 saturated heterocycles. The van der Waals surface area contributed by atoms with Gasteiger partial charge in [-0.15, -0.1) is 0 Å². The van der Waals surface area contributed by atoms with Crippen molar-refractivity contribution in [3.8, 4) is 11.5 Å². The summed E-state index contributed by atoms with van der Waals surface area (Å²) >= 11 is 0. The van der Waals surface area contributed by atoms with Gasteiger partial charge >= 0.3 is 0 Å². The minimum atomic E-state index is 0.338. The summed E-state index contributed by atoms with van der Waals surface area (Å²) < 4.78 is 5.00. The SMILES string of the molecule is COc1cccc(C)c1.Cc1cccc(O)c1. The van der Waals surface area contributed by atoms with Crippen molar-refractivity contribution >= 4 is 0 Å². The molecule has 2 nitrogen and oxygen atoms in total. The number of ether oxygens (including phenoxy) is 1. The van der Waals surface area contributed by atoms with Gasteiger partial charge in [0.2, 0.25) is 0 Å². The van der Waals surface area contributed by atoms with Crippen molar-refractivity contribution in [1.29, 1.82) is 0 Å². The minimum absolute atomic E-state index is 0.338. The van der Waals surface area contributed by atoms with Gasteiger partial charge in [0.05, 0.1) is 7.11 Å². The van der Waals surface area contributed by atoms with Crippen molar-refractivity contribution in [2.45, 2.75) is 13.8 Å². The van der Waals surface area contributed by atoms with E-state index < -0.39 is 0 Å². The van der Waals surface area contributed by atoms with Gasteiger partial charge < -0.3 is 9.84 Å². The third-order valence-electron chi connectivity index (χ3n) is 2.23. The number of aromatic hydroxyl groups is 1. The lowest BCUT2D eigenvalue weighted by atomic mass is 10.2. The highest BCUT2D eigenvalue weighted by molar-refractivity contribution is 5.27. The molecule has 0 radical (unpaired) electrons. The number of rotatable bonds is 1. The molecule has 0 unspecified atom stereocenters. The summed E-state index contributed by atoms with van der Waals surface area (Å²) in [6.45, 7) is 3.99. The van der Waals surface area contributed by atoms with Gasteiger partial charge in [0.25, 0.3) is 0 Å². The largest absolute Gasteiger partial charge is 0.508 e. The lowest BCUT2D eigenvalue weighted by molar-refractivity contribution is 0.414. The Morgan fingerprint density at radius 3 is 1.82 bits per heavy atom. The fourth-order valence-electron chi connectivity index (χ4n) is 1.37. The molecule has 0 aliphatic rings. The molecule has 1 N–H and O–H groups in total. The summed E-state index contributed by atoms with van der Waals surface area (Å²) in [6, 6.07) is 15.1. The highest BCUT2D eigenvalue weighted by Crippen LogP contribution is 2.10. The molecule has 17 heavy (non-hydrogen) atoms. The van der Waals surface area contributed by atoms with Crippen LogP contribution in [0.25, 0.3) is 0 Å². The van der Waals surface area contributed by atoms with E-state index in [0.29, 0.717) is 5.75 Å². The molecule has 2 heteroatoms. The van der Waals surface area contributed by atoms with Gasteiger partial charge in [0.15, 0.2) is 0 Å². The van der Waals surface area contributed by atoms with E-state index in [-0.39, 0.29) is 0 Å². The van der Waals surface area contributed by atoms with Crippen LogP contribution in [0.1, 0.15) is 11.1 Å². The Morgan fingerprint density at radius 1 is 0.882 bits per heavy atom. The van der Waals surface area contributed by atoms with Gasteiger partial charge in [-0.1, -0.05) is 24.3 Å². The Bertz CT molecular complexity index is 447. The molecule has 0 saturated carbocycles. The zero-order valence-electron chi connectivity index (χ0n) is 10.5. The topological polar surface area (TPSA) is 29.5 Å². The van der Waals surface area contributed by atoms with E-state index in [1.54, 1.807) is 19.2 Å². The third-order valence-corrected chi connectivity index (χ3v) is 2.23. The van der Waals surface area contributed by atoms with Crippen LogP contribution in [0.3, 0.4) is 0 Å². The second-order valence-corrected chi connectivity index (χ2v) is 3.86. The summed E-state index contributed by atoms with van der Waals surface area (Å²) in [5.74, 6) is 1.26. The lowest BCUT2D eigenvalue weighted by Gasteiger charge is -1.97. The standard InChI is InChI=1S/C8H10O.C7H8O/c1-7-4-3-5-8(6-7)9-2;1-6-3-2-4-7(8)5-6/h3-6H,1-2H3;2-5,8H,1H3. The Labute approximate surface area is 102 Å². The molecule has 0 atom stereocenters.